The smallest absolute Gasteiger partial charge is 0.416 e. The van der Waals surface area contributed by atoms with Gasteiger partial charge in [-0.3, -0.25) is 10.2 Å². The molecule has 50 heavy (non-hydrogen) atoms. The number of carbonyl (C=O) groups excluding carboxylic acids is 1. The molecule has 262 valence electrons. The Bertz CT molecular complexity index is 1940. The van der Waals surface area contributed by atoms with Gasteiger partial charge in [0.15, 0.2) is 0 Å². The molecule has 5 rings (SSSR count). The molecule has 1 fully saturated rings. The number of amides is 1. The molecule has 0 heterocycles. The number of aryl methyl sites for hydroxylation is 1. The van der Waals surface area contributed by atoms with Crippen molar-refractivity contribution in [1.82, 2.24) is 5.32 Å². The van der Waals surface area contributed by atoms with Gasteiger partial charge in [-0.05, 0) is 109 Å². The zero-order valence-corrected chi connectivity index (χ0v) is 27.1. The van der Waals surface area contributed by atoms with Crippen LogP contribution in [0.4, 0.5) is 30.7 Å². The normalized spacial score (nSPS) is 17.7. The summed E-state index contributed by atoms with van der Waals surface area (Å²) in [5.74, 6) is -1.21. The predicted molar refractivity (Wildman–Crippen MR) is 176 cm³/mol. The van der Waals surface area contributed by atoms with Crippen LogP contribution in [0, 0.1) is 23.6 Å². The first-order chi connectivity index (χ1) is 23.4. The van der Waals surface area contributed by atoms with E-state index in [1.807, 2.05) is 24.3 Å². The predicted octanol–water partition coefficient (Wildman–Crippen LogP) is 8.76. The van der Waals surface area contributed by atoms with Crippen LogP contribution in [0.3, 0.4) is 0 Å². The molecule has 0 spiro atoms. The van der Waals surface area contributed by atoms with Crippen LogP contribution in [0.25, 0.3) is 22.3 Å². The van der Waals surface area contributed by atoms with Crippen LogP contribution in [0.1, 0.15) is 52.9 Å². The van der Waals surface area contributed by atoms with E-state index in [4.69, 9.17) is 15.3 Å². The molecule has 1 aliphatic rings. The summed E-state index contributed by atoms with van der Waals surface area (Å²) in [6.07, 6.45) is -9.57. The molecule has 2 unspecified atom stereocenters. The Labute approximate surface area is 283 Å². The van der Waals surface area contributed by atoms with Gasteiger partial charge in [0, 0.05) is 0 Å². The first kappa shape index (κ1) is 36.1. The molecule has 4 N–H and O–H groups in total. The molecule has 0 radical (unpaired) electrons. The highest BCUT2D eigenvalue weighted by atomic mass is 19.4. The number of alkyl halides is 6. The van der Waals surface area contributed by atoms with Crippen LogP contribution >= 0.6 is 0 Å². The van der Waals surface area contributed by atoms with Crippen LogP contribution < -0.4 is 10.1 Å². The number of amidine groups is 1. The van der Waals surface area contributed by atoms with Gasteiger partial charge in [0.2, 0.25) is 0 Å². The van der Waals surface area contributed by atoms with E-state index in [0.29, 0.717) is 17.7 Å². The second-order valence-electron chi connectivity index (χ2n) is 12.2. The Hall–Kier alpha value is -5.20. The molecule has 4 aromatic rings. The number of hydrogen-bond acceptors (Lipinski definition) is 3. The second-order valence-corrected chi connectivity index (χ2v) is 12.2. The lowest BCUT2D eigenvalue weighted by Crippen LogP contribution is -2.34. The SMILES string of the molecule is CCOc1ccc(-c2cc(C(F)(F)F)cc(C(F)(F)F)c2)cc1C(=O)NC1CC1(Cc1ccc(-c2ccc(F)c(C)c2)cc1)C([OH2+])=NC(C)=N. The van der Waals surface area contributed by atoms with Crippen molar-refractivity contribution in [3.05, 3.63) is 112 Å². The van der Waals surface area contributed by atoms with Gasteiger partial charge in [-0.2, -0.15) is 31.3 Å². The summed E-state index contributed by atoms with van der Waals surface area (Å²) in [6, 6.07) is 16.5. The molecule has 0 aromatic heterocycles. The van der Waals surface area contributed by atoms with Crippen LogP contribution in [-0.4, -0.2) is 35.4 Å². The number of rotatable bonds is 9. The fraction of sp³-hybridized carbons (Fsp3) is 0.270. The van der Waals surface area contributed by atoms with E-state index in [1.54, 1.807) is 26.0 Å². The molecule has 2 atom stereocenters. The third-order valence-corrected chi connectivity index (χ3v) is 8.54. The first-order valence-electron chi connectivity index (χ1n) is 15.5. The van der Waals surface area contributed by atoms with E-state index < -0.39 is 46.4 Å². The minimum absolute atomic E-state index is 0.0334. The fourth-order valence-corrected chi connectivity index (χ4v) is 5.84. The van der Waals surface area contributed by atoms with Crippen LogP contribution in [0.5, 0.6) is 5.75 Å². The third-order valence-electron chi connectivity index (χ3n) is 8.54. The average molecular weight is 701 g/mol. The number of hydrogen-bond donors (Lipinski definition) is 2. The van der Waals surface area contributed by atoms with Crippen molar-refractivity contribution >= 4 is 17.6 Å². The largest absolute Gasteiger partial charge is 0.582 e. The van der Waals surface area contributed by atoms with Crippen LogP contribution in [0.2, 0.25) is 0 Å². The van der Waals surface area contributed by atoms with Gasteiger partial charge < -0.3 is 15.2 Å². The molecule has 0 aliphatic heterocycles. The summed E-state index contributed by atoms with van der Waals surface area (Å²) >= 11 is 0. The maximum atomic E-state index is 13.8. The van der Waals surface area contributed by atoms with E-state index >= 15 is 0 Å². The summed E-state index contributed by atoms with van der Waals surface area (Å²) in [5.41, 5.74) is -1.62. The maximum Gasteiger partial charge on any atom is 0.416 e. The second kappa shape index (κ2) is 13.6. The lowest BCUT2D eigenvalue weighted by molar-refractivity contribution is -0.143. The van der Waals surface area contributed by atoms with Crippen LogP contribution in [0.15, 0.2) is 83.9 Å². The Morgan fingerprint density at radius 1 is 0.900 bits per heavy atom. The number of nitrogens with one attached hydrogen (secondary N) is 2. The molecule has 4 aromatic carbocycles. The number of aliphatic imine (C=N–C) groups is 1. The lowest BCUT2D eigenvalue weighted by Gasteiger charge is -2.17. The van der Waals surface area contributed by atoms with Crippen molar-refractivity contribution in [3.8, 4) is 28.0 Å². The zero-order chi connectivity index (χ0) is 36.6. The van der Waals surface area contributed by atoms with E-state index in [9.17, 15) is 35.5 Å². The van der Waals surface area contributed by atoms with Gasteiger partial charge in [-0.15, -0.1) is 0 Å². The maximum absolute atomic E-state index is 13.8. The molecular weight excluding hydrogens is 667 g/mol. The van der Waals surface area contributed by atoms with E-state index in [-0.39, 0.29) is 59.9 Å². The Balaban J connectivity index is 1.45. The monoisotopic (exact) mass is 700 g/mol. The van der Waals surface area contributed by atoms with Gasteiger partial charge in [-0.1, -0.05) is 36.4 Å². The molecule has 6 nitrogen and oxygen atoms in total. The summed E-state index contributed by atoms with van der Waals surface area (Å²) in [6.45, 7) is 4.84. The topological polar surface area (TPSA) is 97.4 Å². The molecule has 1 saturated carbocycles. The number of carbonyl (C=O) groups is 1. The average Bonchev–Trinajstić information content (AvgIpc) is 3.74. The van der Waals surface area contributed by atoms with Crippen molar-refractivity contribution in [1.29, 1.82) is 5.41 Å². The summed E-state index contributed by atoms with van der Waals surface area (Å²) < 4.78 is 101. The third kappa shape index (κ3) is 7.82. The van der Waals surface area contributed by atoms with Crippen molar-refractivity contribution in [2.75, 3.05) is 6.61 Å². The quantitative estimate of drug-likeness (QED) is 0.0791. The van der Waals surface area contributed by atoms with Gasteiger partial charge in [0.05, 0.1) is 29.3 Å². The molecule has 1 aliphatic carbocycles. The minimum atomic E-state index is -5.05. The lowest BCUT2D eigenvalue weighted by atomic mass is 9.93. The van der Waals surface area contributed by atoms with Crippen LogP contribution in [-0.2, 0) is 18.8 Å². The van der Waals surface area contributed by atoms with Crippen molar-refractivity contribution in [2.24, 2.45) is 10.4 Å². The first-order valence-corrected chi connectivity index (χ1v) is 15.5. The fourth-order valence-electron chi connectivity index (χ4n) is 5.84. The number of halogens is 7. The van der Waals surface area contributed by atoms with Gasteiger partial charge in [0.25, 0.3) is 5.91 Å². The van der Waals surface area contributed by atoms with Crippen molar-refractivity contribution < 1.29 is 45.4 Å². The molecule has 0 saturated heterocycles. The van der Waals surface area contributed by atoms with Gasteiger partial charge in [0.1, 0.15) is 22.8 Å². The molecular formula is C37H33F7N3O3+. The number of benzene rings is 4. The summed E-state index contributed by atoms with van der Waals surface area (Å²) in [5, 5.41) is 19.4. The van der Waals surface area contributed by atoms with E-state index in [0.717, 1.165) is 16.7 Å². The zero-order valence-electron chi connectivity index (χ0n) is 27.1. The van der Waals surface area contributed by atoms with Gasteiger partial charge in [-0.25, -0.2) is 4.39 Å². The number of ether oxygens (including phenoxy) is 1. The Kier molecular flexibility index (Phi) is 9.82. The molecule has 13 heteroatoms. The van der Waals surface area contributed by atoms with Gasteiger partial charge >= 0.3 is 18.3 Å². The Morgan fingerprint density at radius 2 is 1.48 bits per heavy atom. The highest BCUT2D eigenvalue weighted by molar-refractivity contribution is 6.01. The highest BCUT2D eigenvalue weighted by Gasteiger charge is 2.63. The van der Waals surface area contributed by atoms with E-state index in [2.05, 4.69) is 10.3 Å². The molecule has 0 bridgehead atoms. The number of nitrogens with zero attached hydrogens (tertiary/aromatic N) is 1. The summed E-state index contributed by atoms with van der Waals surface area (Å²) in [7, 11) is 0. The van der Waals surface area contributed by atoms with E-state index in [1.165, 1.54) is 31.2 Å². The molecule has 1 amide bonds. The van der Waals surface area contributed by atoms with Crippen molar-refractivity contribution in [3.63, 3.8) is 0 Å². The summed E-state index contributed by atoms with van der Waals surface area (Å²) in [4.78, 5) is 17.8. The standard InChI is InChI=1S/C37H32F7N3O3/c1-4-50-31-12-10-25(26-14-27(36(39,40)41)17-28(15-26)37(42,43)44)16-29(31)33(48)47-32-19-35(32,34(49)46-21(3)45)18-22-5-7-23(8-6-22)24-9-11-30(38)20(2)13-24/h5-17,32H,4,18-19H2,1-3H3,(H,47,48)(H2,45,46,49)/p+1. The Morgan fingerprint density at radius 3 is 2.04 bits per heavy atom. The minimum Gasteiger partial charge on any atom is -0.582 e. The van der Waals surface area contributed by atoms with Crippen molar-refractivity contribution in [2.45, 2.75) is 52.0 Å². The highest BCUT2D eigenvalue weighted by Crippen LogP contribution is 2.50.